The van der Waals surface area contributed by atoms with E-state index in [2.05, 4.69) is 0 Å². The molecule has 82 valence electrons. The highest BCUT2D eigenvalue weighted by Gasteiger charge is 2.27. The predicted molar refractivity (Wildman–Crippen MR) is 60.4 cm³/mol. The molecule has 1 fully saturated rings. The summed E-state index contributed by atoms with van der Waals surface area (Å²) in [5.74, 6) is 0.0819. The molecule has 2 rings (SSSR count). The lowest BCUT2D eigenvalue weighted by Crippen LogP contribution is -2.20. The zero-order chi connectivity index (χ0) is 10.7. The number of alkyl halides is 1. The minimum absolute atomic E-state index is 0.0819. The molecule has 1 aliphatic carbocycles. The van der Waals surface area contributed by atoms with E-state index in [0.29, 0.717) is 13.0 Å². The van der Waals surface area contributed by atoms with Crippen LogP contribution in [-0.4, -0.2) is 6.17 Å². The van der Waals surface area contributed by atoms with E-state index in [4.69, 9.17) is 5.73 Å². The van der Waals surface area contributed by atoms with Gasteiger partial charge in [0, 0.05) is 12.5 Å². The highest BCUT2D eigenvalue weighted by molar-refractivity contribution is 5.31. The SMILES string of the molecule is NCc1ccccc1C1CCCCC1F. The van der Waals surface area contributed by atoms with E-state index < -0.39 is 6.17 Å². The van der Waals surface area contributed by atoms with E-state index in [9.17, 15) is 4.39 Å². The number of halogens is 1. The van der Waals surface area contributed by atoms with Crippen LogP contribution in [0.4, 0.5) is 4.39 Å². The highest BCUT2D eigenvalue weighted by Crippen LogP contribution is 2.36. The molecule has 0 spiro atoms. The molecular weight excluding hydrogens is 189 g/mol. The summed E-state index contributed by atoms with van der Waals surface area (Å²) in [7, 11) is 0. The van der Waals surface area contributed by atoms with Crippen LogP contribution in [0, 0.1) is 0 Å². The minimum Gasteiger partial charge on any atom is -0.326 e. The molecule has 0 saturated heterocycles. The van der Waals surface area contributed by atoms with Crippen LogP contribution in [0.2, 0.25) is 0 Å². The summed E-state index contributed by atoms with van der Waals surface area (Å²) in [4.78, 5) is 0. The van der Waals surface area contributed by atoms with Gasteiger partial charge in [-0.2, -0.15) is 0 Å². The third-order valence-electron chi connectivity index (χ3n) is 3.36. The van der Waals surface area contributed by atoms with Gasteiger partial charge in [-0.3, -0.25) is 0 Å². The molecule has 0 heterocycles. The van der Waals surface area contributed by atoms with E-state index in [1.807, 2.05) is 24.3 Å². The maximum atomic E-state index is 13.8. The van der Waals surface area contributed by atoms with Crippen LogP contribution in [0.15, 0.2) is 24.3 Å². The van der Waals surface area contributed by atoms with Gasteiger partial charge in [-0.1, -0.05) is 37.1 Å². The van der Waals surface area contributed by atoms with Crippen molar-refractivity contribution in [3.63, 3.8) is 0 Å². The van der Waals surface area contributed by atoms with Gasteiger partial charge < -0.3 is 5.73 Å². The maximum absolute atomic E-state index is 13.8. The first kappa shape index (κ1) is 10.6. The first-order chi connectivity index (χ1) is 7.33. The van der Waals surface area contributed by atoms with Crippen molar-refractivity contribution in [2.24, 2.45) is 5.73 Å². The Labute approximate surface area is 90.5 Å². The maximum Gasteiger partial charge on any atom is 0.107 e. The Morgan fingerprint density at radius 1 is 1.20 bits per heavy atom. The van der Waals surface area contributed by atoms with Crippen molar-refractivity contribution in [3.05, 3.63) is 35.4 Å². The Morgan fingerprint density at radius 3 is 2.67 bits per heavy atom. The van der Waals surface area contributed by atoms with Crippen molar-refractivity contribution in [1.29, 1.82) is 0 Å². The summed E-state index contributed by atoms with van der Waals surface area (Å²) in [5.41, 5.74) is 7.92. The summed E-state index contributed by atoms with van der Waals surface area (Å²) in [6, 6.07) is 8.00. The van der Waals surface area contributed by atoms with Gasteiger partial charge in [0.25, 0.3) is 0 Å². The van der Waals surface area contributed by atoms with Crippen molar-refractivity contribution in [2.75, 3.05) is 0 Å². The first-order valence-corrected chi connectivity index (χ1v) is 5.75. The standard InChI is InChI=1S/C13H18FN/c14-13-8-4-3-7-12(13)11-6-2-1-5-10(11)9-15/h1-2,5-6,12-13H,3-4,7-9,15H2. The van der Waals surface area contributed by atoms with E-state index in [0.717, 1.165) is 30.4 Å². The smallest absolute Gasteiger partial charge is 0.107 e. The second-order valence-electron chi connectivity index (χ2n) is 4.31. The van der Waals surface area contributed by atoms with Gasteiger partial charge in [-0.15, -0.1) is 0 Å². The van der Waals surface area contributed by atoms with Crippen LogP contribution in [0.1, 0.15) is 42.7 Å². The Balaban J connectivity index is 2.26. The van der Waals surface area contributed by atoms with Gasteiger partial charge in [0.05, 0.1) is 0 Å². The molecule has 2 atom stereocenters. The van der Waals surface area contributed by atoms with Gasteiger partial charge >= 0.3 is 0 Å². The predicted octanol–water partition coefficient (Wildman–Crippen LogP) is 3.14. The first-order valence-electron chi connectivity index (χ1n) is 5.75. The lowest BCUT2D eigenvalue weighted by Gasteiger charge is -2.27. The third-order valence-corrected chi connectivity index (χ3v) is 3.36. The van der Waals surface area contributed by atoms with Crippen LogP contribution in [0.3, 0.4) is 0 Å². The fraction of sp³-hybridized carbons (Fsp3) is 0.538. The Kier molecular flexibility index (Phi) is 3.37. The molecule has 2 heteroatoms. The third kappa shape index (κ3) is 2.20. The molecule has 0 aliphatic heterocycles. The summed E-state index contributed by atoms with van der Waals surface area (Å²) in [6.07, 6.45) is 3.18. The van der Waals surface area contributed by atoms with Crippen molar-refractivity contribution in [1.82, 2.24) is 0 Å². The van der Waals surface area contributed by atoms with E-state index in [-0.39, 0.29) is 5.92 Å². The summed E-state index contributed by atoms with van der Waals surface area (Å²) in [6.45, 7) is 0.513. The number of benzene rings is 1. The van der Waals surface area contributed by atoms with Gasteiger partial charge in [-0.25, -0.2) is 4.39 Å². The molecule has 1 aliphatic rings. The van der Waals surface area contributed by atoms with Crippen molar-refractivity contribution < 1.29 is 4.39 Å². The molecule has 1 aromatic carbocycles. The molecule has 1 aromatic rings. The second-order valence-corrected chi connectivity index (χ2v) is 4.31. The Hall–Kier alpha value is -0.890. The van der Waals surface area contributed by atoms with Crippen LogP contribution >= 0.6 is 0 Å². The molecule has 0 amide bonds. The number of nitrogens with two attached hydrogens (primary N) is 1. The number of hydrogen-bond donors (Lipinski definition) is 1. The summed E-state index contributed by atoms with van der Waals surface area (Å²) >= 11 is 0. The lowest BCUT2D eigenvalue weighted by atomic mass is 9.81. The topological polar surface area (TPSA) is 26.0 Å². The van der Waals surface area contributed by atoms with Gasteiger partial charge in [0.2, 0.25) is 0 Å². The number of hydrogen-bond acceptors (Lipinski definition) is 1. The van der Waals surface area contributed by atoms with Gasteiger partial charge in [0.15, 0.2) is 0 Å². The molecule has 1 nitrogen and oxygen atoms in total. The van der Waals surface area contributed by atoms with Gasteiger partial charge in [-0.05, 0) is 24.0 Å². The highest BCUT2D eigenvalue weighted by atomic mass is 19.1. The second kappa shape index (κ2) is 4.75. The van der Waals surface area contributed by atoms with Crippen LogP contribution in [-0.2, 0) is 6.54 Å². The van der Waals surface area contributed by atoms with Crippen molar-refractivity contribution in [3.8, 4) is 0 Å². The van der Waals surface area contributed by atoms with Crippen molar-refractivity contribution in [2.45, 2.75) is 44.3 Å². The normalized spacial score (nSPS) is 26.5. The molecule has 0 aromatic heterocycles. The zero-order valence-corrected chi connectivity index (χ0v) is 8.95. The largest absolute Gasteiger partial charge is 0.326 e. The molecule has 15 heavy (non-hydrogen) atoms. The summed E-state index contributed by atoms with van der Waals surface area (Å²) < 4.78 is 13.8. The molecule has 0 bridgehead atoms. The molecule has 2 N–H and O–H groups in total. The average Bonchev–Trinajstić information content (AvgIpc) is 2.30. The average molecular weight is 207 g/mol. The Bertz CT molecular complexity index is 324. The van der Waals surface area contributed by atoms with Crippen LogP contribution in [0.25, 0.3) is 0 Å². The number of rotatable bonds is 2. The lowest BCUT2D eigenvalue weighted by molar-refractivity contribution is 0.215. The Morgan fingerprint density at radius 2 is 1.93 bits per heavy atom. The van der Waals surface area contributed by atoms with Crippen molar-refractivity contribution >= 4 is 0 Å². The quantitative estimate of drug-likeness (QED) is 0.792. The molecule has 1 saturated carbocycles. The zero-order valence-electron chi connectivity index (χ0n) is 8.95. The minimum atomic E-state index is -0.675. The van der Waals surface area contributed by atoms with Crippen LogP contribution in [0.5, 0.6) is 0 Å². The molecular formula is C13H18FN. The summed E-state index contributed by atoms with van der Waals surface area (Å²) in [5, 5.41) is 0. The van der Waals surface area contributed by atoms with E-state index in [1.54, 1.807) is 0 Å². The van der Waals surface area contributed by atoms with Crippen LogP contribution < -0.4 is 5.73 Å². The van der Waals surface area contributed by atoms with E-state index in [1.165, 1.54) is 0 Å². The van der Waals surface area contributed by atoms with E-state index >= 15 is 0 Å². The van der Waals surface area contributed by atoms with Gasteiger partial charge in [0.1, 0.15) is 6.17 Å². The fourth-order valence-electron chi connectivity index (χ4n) is 2.52. The fourth-order valence-corrected chi connectivity index (χ4v) is 2.52. The molecule has 2 unspecified atom stereocenters. The monoisotopic (exact) mass is 207 g/mol. The molecule has 0 radical (unpaired) electrons.